The topological polar surface area (TPSA) is 78.9 Å². The van der Waals surface area contributed by atoms with Crippen molar-refractivity contribution in [1.82, 2.24) is 0 Å². The van der Waals surface area contributed by atoms with E-state index in [1.807, 2.05) is 0 Å². The lowest BCUT2D eigenvalue weighted by Crippen LogP contribution is -2.30. The van der Waals surface area contributed by atoms with E-state index in [9.17, 15) is 14.4 Å². The molecule has 0 N–H and O–H groups in total. The van der Waals surface area contributed by atoms with Gasteiger partial charge in [0.25, 0.3) is 0 Å². The van der Waals surface area contributed by atoms with E-state index in [0.29, 0.717) is 19.3 Å². The molecule has 0 amide bonds. The lowest BCUT2D eigenvalue weighted by Gasteiger charge is -2.18. The Balaban J connectivity index is 4.25. The van der Waals surface area contributed by atoms with Crippen molar-refractivity contribution in [1.29, 1.82) is 0 Å². The van der Waals surface area contributed by atoms with Crippen molar-refractivity contribution in [3.05, 3.63) is 158 Å². The summed E-state index contributed by atoms with van der Waals surface area (Å²) in [5.74, 6) is -0.930. The van der Waals surface area contributed by atoms with E-state index in [2.05, 4.69) is 179 Å². The van der Waals surface area contributed by atoms with E-state index in [1.165, 1.54) is 64.2 Å². The Bertz CT molecular complexity index is 1780. The molecular formula is C73H116O6. The lowest BCUT2D eigenvalue weighted by molar-refractivity contribution is -0.167. The van der Waals surface area contributed by atoms with Gasteiger partial charge in [-0.2, -0.15) is 0 Å². The molecule has 1 unspecified atom stereocenters. The number of hydrogen-bond donors (Lipinski definition) is 0. The highest BCUT2D eigenvalue weighted by Gasteiger charge is 2.19. The minimum atomic E-state index is -0.796. The fourth-order valence-corrected chi connectivity index (χ4v) is 8.31. The van der Waals surface area contributed by atoms with Crippen LogP contribution in [0.25, 0.3) is 0 Å². The van der Waals surface area contributed by atoms with Gasteiger partial charge in [-0.25, -0.2) is 0 Å². The van der Waals surface area contributed by atoms with Gasteiger partial charge in [-0.15, -0.1) is 0 Å². The van der Waals surface area contributed by atoms with Gasteiger partial charge in [0.15, 0.2) is 6.10 Å². The summed E-state index contributed by atoms with van der Waals surface area (Å²) in [5, 5.41) is 0. The highest BCUT2D eigenvalue weighted by atomic mass is 16.6. The molecule has 0 rings (SSSR count). The normalized spacial score (nSPS) is 13.2. The zero-order valence-corrected chi connectivity index (χ0v) is 50.8. The lowest BCUT2D eigenvalue weighted by atomic mass is 10.1. The molecule has 0 aromatic rings. The molecule has 0 saturated heterocycles. The molecule has 6 nitrogen and oxygen atoms in total. The van der Waals surface area contributed by atoms with Crippen molar-refractivity contribution in [2.45, 2.75) is 271 Å². The average molecular weight is 1090 g/mol. The van der Waals surface area contributed by atoms with Gasteiger partial charge in [0.1, 0.15) is 13.2 Å². The molecule has 0 aliphatic rings. The van der Waals surface area contributed by atoms with Gasteiger partial charge in [0.05, 0.1) is 0 Å². The fraction of sp³-hybridized carbons (Fsp3) is 0.603. The van der Waals surface area contributed by atoms with Crippen LogP contribution in [0.4, 0.5) is 0 Å². The van der Waals surface area contributed by atoms with Crippen LogP contribution >= 0.6 is 0 Å². The van der Waals surface area contributed by atoms with E-state index in [1.54, 1.807) is 0 Å². The quantitative estimate of drug-likeness (QED) is 0.0261. The Morgan fingerprint density at radius 1 is 0.266 bits per heavy atom. The SMILES string of the molecule is CC/C=C\C/C=C\C/C=C\C/C=C\C/C=C\C/C=C\C/C=C\CCCCCCCCCC(=O)OCC(COC(=O)CCCCCCCCC)OC(=O)CCCCCCCC/C=C\C/C=C\C/C=C\C/C=C\C/C=C\C/C=C\CC. The van der Waals surface area contributed by atoms with Gasteiger partial charge in [-0.3, -0.25) is 14.4 Å². The predicted octanol–water partition coefficient (Wildman–Crippen LogP) is 22.1. The number of esters is 3. The molecule has 0 fully saturated rings. The minimum absolute atomic E-state index is 0.0929. The van der Waals surface area contributed by atoms with Crippen molar-refractivity contribution in [2.75, 3.05) is 13.2 Å². The molecule has 0 saturated carbocycles. The molecular weight excluding hydrogens is 973 g/mol. The fourth-order valence-electron chi connectivity index (χ4n) is 8.31. The van der Waals surface area contributed by atoms with E-state index in [4.69, 9.17) is 14.2 Å². The summed E-state index contributed by atoms with van der Waals surface area (Å²) in [6, 6.07) is 0. The number of rotatable bonds is 56. The number of hydrogen-bond acceptors (Lipinski definition) is 6. The van der Waals surface area contributed by atoms with Gasteiger partial charge in [-0.05, 0) is 128 Å². The summed E-state index contributed by atoms with van der Waals surface area (Å²) in [6.07, 6.45) is 95.5. The largest absolute Gasteiger partial charge is 0.462 e. The molecule has 1 atom stereocenters. The minimum Gasteiger partial charge on any atom is -0.462 e. The third-order valence-electron chi connectivity index (χ3n) is 13.0. The zero-order chi connectivity index (χ0) is 57.1. The Hall–Kier alpha value is -4.97. The maximum absolute atomic E-state index is 12.9. The standard InChI is InChI=1S/C73H116O6/c1-4-7-10-13-16-18-20-22-24-26-28-30-32-34-35-36-37-39-40-42-44-46-48-50-52-54-57-60-63-66-72(75)78-69-70(68-77-71(74)65-62-59-56-15-12-9-6-3)79-73(76)67-64-61-58-55-53-51-49-47-45-43-41-38-33-31-29-27-25-23-21-19-17-14-11-8-5-2/h7-8,10-11,16-19,22-25,28-31,34-35,37-39,41-42,44-45,47,70H,4-6,9,12-15,20-21,26-27,32-33,36,40,43,46,48-69H2,1-3H3/b10-7-,11-8-,18-16-,19-17-,24-22-,25-23-,30-28-,31-29-,35-34-,39-37-,41-38-,44-42-,47-45-. The van der Waals surface area contributed by atoms with Gasteiger partial charge in [-0.1, -0.05) is 275 Å². The molecule has 0 bridgehead atoms. The smallest absolute Gasteiger partial charge is 0.306 e. The molecule has 0 aromatic heterocycles. The van der Waals surface area contributed by atoms with Crippen LogP contribution in [-0.4, -0.2) is 37.2 Å². The van der Waals surface area contributed by atoms with E-state index in [-0.39, 0.29) is 31.1 Å². The van der Waals surface area contributed by atoms with Crippen LogP contribution in [0.3, 0.4) is 0 Å². The second-order valence-corrected chi connectivity index (χ2v) is 20.6. The van der Waals surface area contributed by atoms with Crippen molar-refractivity contribution >= 4 is 17.9 Å². The Morgan fingerprint density at radius 3 is 0.772 bits per heavy atom. The number of ether oxygens (including phenoxy) is 3. The van der Waals surface area contributed by atoms with Crippen LogP contribution in [0, 0.1) is 0 Å². The molecule has 444 valence electrons. The first kappa shape index (κ1) is 74.0. The Labute approximate surface area is 486 Å². The van der Waals surface area contributed by atoms with Crippen molar-refractivity contribution in [3.63, 3.8) is 0 Å². The van der Waals surface area contributed by atoms with E-state index in [0.717, 1.165) is 161 Å². The monoisotopic (exact) mass is 1090 g/mol. The maximum atomic E-state index is 12.9. The van der Waals surface area contributed by atoms with Crippen molar-refractivity contribution < 1.29 is 28.6 Å². The van der Waals surface area contributed by atoms with Crippen LogP contribution < -0.4 is 0 Å². The third kappa shape index (κ3) is 63.7. The van der Waals surface area contributed by atoms with Gasteiger partial charge in [0.2, 0.25) is 0 Å². The first-order valence-corrected chi connectivity index (χ1v) is 32.0. The second kappa shape index (κ2) is 65.5. The van der Waals surface area contributed by atoms with Gasteiger partial charge >= 0.3 is 17.9 Å². The van der Waals surface area contributed by atoms with Crippen molar-refractivity contribution in [2.24, 2.45) is 0 Å². The molecule has 0 spiro atoms. The molecule has 0 aromatic carbocycles. The Kier molecular flexibility index (Phi) is 61.4. The summed E-state index contributed by atoms with van der Waals surface area (Å²) < 4.78 is 16.8. The first-order valence-electron chi connectivity index (χ1n) is 32.0. The average Bonchev–Trinajstić information content (AvgIpc) is 3.45. The number of unbranched alkanes of at least 4 members (excludes halogenated alkanes) is 19. The summed E-state index contributed by atoms with van der Waals surface area (Å²) in [4.78, 5) is 38.1. The molecule has 0 aliphatic carbocycles. The molecule has 0 aliphatic heterocycles. The van der Waals surface area contributed by atoms with Gasteiger partial charge < -0.3 is 14.2 Å². The highest BCUT2D eigenvalue weighted by Crippen LogP contribution is 2.14. The number of carbonyl (C=O) groups excluding carboxylic acids is 3. The first-order chi connectivity index (χ1) is 39.0. The molecule has 0 heterocycles. The predicted molar refractivity (Wildman–Crippen MR) is 343 cm³/mol. The van der Waals surface area contributed by atoms with Crippen molar-refractivity contribution in [3.8, 4) is 0 Å². The summed E-state index contributed by atoms with van der Waals surface area (Å²) >= 11 is 0. The van der Waals surface area contributed by atoms with E-state index < -0.39 is 6.10 Å². The zero-order valence-electron chi connectivity index (χ0n) is 50.8. The van der Waals surface area contributed by atoms with Crippen LogP contribution in [0.2, 0.25) is 0 Å². The molecule has 6 heteroatoms. The molecule has 0 radical (unpaired) electrons. The third-order valence-corrected chi connectivity index (χ3v) is 13.0. The van der Waals surface area contributed by atoms with Crippen LogP contribution in [0.5, 0.6) is 0 Å². The second-order valence-electron chi connectivity index (χ2n) is 20.6. The Morgan fingerprint density at radius 2 is 0.494 bits per heavy atom. The van der Waals surface area contributed by atoms with Gasteiger partial charge in [0, 0.05) is 19.3 Å². The summed E-state index contributed by atoms with van der Waals surface area (Å²) in [7, 11) is 0. The van der Waals surface area contributed by atoms with Crippen LogP contribution in [0.1, 0.15) is 265 Å². The number of carbonyl (C=O) groups is 3. The maximum Gasteiger partial charge on any atom is 0.306 e. The molecule has 79 heavy (non-hydrogen) atoms. The highest BCUT2D eigenvalue weighted by molar-refractivity contribution is 5.71. The van der Waals surface area contributed by atoms with Crippen LogP contribution in [-0.2, 0) is 28.6 Å². The summed E-state index contributed by atoms with van der Waals surface area (Å²) in [5.41, 5.74) is 0. The summed E-state index contributed by atoms with van der Waals surface area (Å²) in [6.45, 7) is 6.34. The van der Waals surface area contributed by atoms with E-state index >= 15 is 0 Å². The number of allylic oxidation sites excluding steroid dienone is 26. The van der Waals surface area contributed by atoms with Crippen LogP contribution in [0.15, 0.2) is 158 Å².